The van der Waals surface area contributed by atoms with Crippen LogP contribution in [-0.4, -0.2) is 64.5 Å². The fourth-order valence-corrected chi connectivity index (χ4v) is 5.55. The maximum Gasteiger partial charge on any atom is 0.353 e. The Morgan fingerprint density at radius 1 is 1.26 bits per heavy atom. The minimum atomic E-state index is -1.21. The van der Waals surface area contributed by atoms with Crippen LogP contribution in [-0.2, 0) is 30.3 Å². The van der Waals surface area contributed by atoms with Gasteiger partial charge in [-0.1, -0.05) is 23.9 Å². The fraction of sp³-hybridized carbons (Fsp3) is 0.348. The van der Waals surface area contributed by atoms with E-state index in [2.05, 4.69) is 10.5 Å². The van der Waals surface area contributed by atoms with E-state index in [0.29, 0.717) is 17.1 Å². The van der Waals surface area contributed by atoms with Crippen molar-refractivity contribution in [2.45, 2.75) is 38.1 Å². The van der Waals surface area contributed by atoms with Crippen LogP contribution in [0.5, 0.6) is 5.75 Å². The average molecular weight is 486 g/mol. The molecule has 11 heteroatoms. The normalized spacial score (nSPS) is 22.5. The molecular formula is C23H23N3O7S. The minimum Gasteiger partial charge on any atom is -0.497 e. The van der Waals surface area contributed by atoms with Crippen LogP contribution in [0.2, 0.25) is 0 Å². The molecule has 0 spiro atoms. The second-order valence-corrected chi connectivity index (χ2v) is 8.96. The molecule has 0 radical (unpaired) electrons. The topological polar surface area (TPSA) is 135 Å². The van der Waals surface area contributed by atoms with Gasteiger partial charge in [-0.05, 0) is 31.5 Å². The van der Waals surface area contributed by atoms with E-state index in [1.807, 2.05) is 12.1 Å². The number of carbonyl (C=O) groups is 4. The number of aliphatic carboxylic acids is 1. The second kappa shape index (κ2) is 9.34. The van der Waals surface area contributed by atoms with Crippen molar-refractivity contribution in [2.75, 3.05) is 13.7 Å². The van der Waals surface area contributed by atoms with Crippen molar-refractivity contribution in [3.05, 3.63) is 51.6 Å². The van der Waals surface area contributed by atoms with Crippen LogP contribution in [0.3, 0.4) is 0 Å². The number of esters is 1. The molecule has 1 fully saturated rings. The number of methoxy groups -OCH3 is 1. The number of amides is 1. The van der Waals surface area contributed by atoms with Gasteiger partial charge in [0.15, 0.2) is 5.78 Å². The third kappa shape index (κ3) is 4.07. The van der Waals surface area contributed by atoms with Crippen molar-refractivity contribution in [3.8, 4) is 5.75 Å². The average Bonchev–Trinajstić information content (AvgIpc) is 3.41. The summed E-state index contributed by atoms with van der Waals surface area (Å²) in [4.78, 5) is 51.4. The van der Waals surface area contributed by atoms with Crippen LogP contribution in [0.4, 0.5) is 0 Å². The number of hydrogen-bond acceptors (Lipinski definition) is 9. The number of rotatable bonds is 8. The number of thioether (sulfide) groups is 1. The van der Waals surface area contributed by atoms with Crippen molar-refractivity contribution >= 4 is 41.1 Å². The Balaban J connectivity index is 1.62. The Hall–Kier alpha value is -3.60. The van der Waals surface area contributed by atoms with Crippen molar-refractivity contribution in [3.63, 3.8) is 0 Å². The maximum absolute atomic E-state index is 13.1. The molecule has 0 bridgehead atoms. The van der Waals surface area contributed by atoms with Gasteiger partial charge in [-0.15, -0.1) is 0 Å². The number of benzene rings is 1. The van der Waals surface area contributed by atoms with Gasteiger partial charge in [0.2, 0.25) is 0 Å². The van der Waals surface area contributed by atoms with Gasteiger partial charge in [0.25, 0.3) is 5.91 Å². The molecule has 1 aromatic rings. The SMILES string of the molecule is CCOC(=O)C1CC(/C(C(C)=O)=C2\C(=O)N3C(C(=O)O)=C(Cc4ccc(OC)cc4)S[C@H]23)=NN1. The Labute approximate surface area is 199 Å². The predicted molar refractivity (Wildman–Crippen MR) is 123 cm³/mol. The lowest BCUT2D eigenvalue weighted by atomic mass is 9.90. The number of ketones is 1. The summed E-state index contributed by atoms with van der Waals surface area (Å²) in [5.41, 5.74) is 4.04. The summed E-state index contributed by atoms with van der Waals surface area (Å²) in [6.45, 7) is 3.22. The highest BCUT2D eigenvalue weighted by Gasteiger charge is 2.54. The molecule has 1 aromatic carbocycles. The zero-order valence-corrected chi connectivity index (χ0v) is 19.6. The van der Waals surface area contributed by atoms with Gasteiger partial charge < -0.3 is 14.6 Å². The van der Waals surface area contributed by atoms with Gasteiger partial charge in [-0.2, -0.15) is 5.10 Å². The van der Waals surface area contributed by atoms with Gasteiger partial charge in [0.1, 0.15) is 22.9 Å². The van der Waals surface area contributed by atoms with Crippen LogP contribution < -0.4 is 10.2 Å². The smallest absolute Gasteiger partial charge is 0.353 e. The summed E-state index contributed by atoms with van der Waals surface area (Å²) in [5, 5.41) is 13.3. The van der Waals surface area contributed by atoms with Crippen molar-refractivity contribution < 1.29 is 33.8 Å². The van der Waals surface area contributed by atoms with E-state index in [0.717, 1.165) is 5.56 Å². The Bertz CT molecular complexity index is 1170. The van der Waals surface area contributed by atoms with E-state index in [9.17, 15) is 24.3 Å². The molecule has 0 saturated carbocycles. The van der Waals surface area contributed by atoms with Crippen molar-refractivity contribution in [1.82, 2.24) is 10.3 Å². The van der Waals surface area contributed by atoms with E-state index in [1.54, 1.807) is 26.2 Å². The van der Waals surface area contributed by atoms with Crippen molar-refractivity contribution in [2.24, 2.45) is 5.10 Å². The second-order valence-electron chi connectivity index (χ2n) is 7.79. The molecule has 10 nitrogen and oxygen atoms in total. The van der Waals surface area contributed by atoms with E-state index >= 15 is 0 Å². The number of carboxylic acids is 1. The molecule has 1 saturated heterocycles. The third-order valence-electron chi connectivity index (χ3n) is 5.65. The summed E-state index contributed by atoms with van der Waals surface area (Å²) < 4.78 is 10.2. The summed E-state index contributed by atoms with van der Waals surface area (Å²) in [7, 11) is 1.56. The van der Waals surface area contributed by atoms with E-state index in [4.69, 9.17) is 9.47 Å². The molecule has 2 atom stereocenters. The number of Topliss-reactive ketones (excluding diaryl/α,β-unsaturated/α-hetero) is 1. The number of β-lactam (4-membered cyclic amide) rings is 1. The summed E-state index contributed by atoms with van der Waals surface area (Å²) in [6.07, 6.45) is 0.409. The summed E-state index contributed by atoms with van der Waals surface area (Å²) in [5.74, 6) is -1.96. The summed E-state index contributed by atoms with van der Waals surface area (Å²) in [6, 6.07) is 6.47. The Kier molecular flexibility index (Phi) is 6.47. The molecule has 34 heavy (non-hydrogen) atoms. The number of carbonyl (C=O) groups excluding carboxylic acids is 3. The van der Waals surface area contributed by atoms with E-state index < -0.39 is 29.3 Å². The van der Waals surface area contributed by atoms with Crippen LogP contribution in [0, 0.1) is 0 Å². The Morgan fingerprint density at radius 2 is 1.97 bits per heavy atom. The lowest BCUT2D eigenvalue weighted by Gasteiger charge is -2.38. The first-order valence-electron chi connectivity index (χ1n) is 10.6. The molecular weight excluding hydrogens is 462 g/mol. The molecule has 1 unspecified atom stereocenters. The quantitative estimate of drug-likeness (QED) is 0.320. The first-order chi connectivity index (χ1) is 16.3. The lowest BCUT2D eigenvalue weighted by molar-refractivity contribution is -0.145. The van der Waals surface area contributed by atoms with Gasteiger partial charge in [0.05, 0.1) is 30.6 Å². The first kappa shape index (κ1) is 23.6. The number of carboxylic acid groups (broad SMARTS) is 1. The highest BCUT2D eigenvalue weighted by atomic mass is 32.2. The summed E-state index contributed by atoms with van der Waals surface area (Å²) >= 11 is 1.23. The zero-order valence-electron chi connectivity index (χ0n) is 18.8. The number of nitrogens with one attached hydrogen (secondary N) is 1. The fourth-order valence-electron chi connectivity index (χ4n) is 4.09. The minimum absolute atomic E-state index is 0.0849. The lowest BCUT2D eigenvalue weighted by Crippen LogP contribution is -2.52. The number of nitrogens with zero attached hydrogens (tertiary/aromatic N) is 2. The molecule has 0 aliphatic carbocycles. The third-order valence-corrected chi connectivity index (χ3v) is 6.94. The highest BCUT2D eigenvalue weighted by molar-refractivity contribution is 8.04. The zero-order chi connectivity index (χ0) is 24.6. The first-order valence-corrected chi connectivity index (χ1v) is 11.5. The number of hydrogen-bond donors (Lipinski definition) is 2. The molecule has 3 heterocycles. The largest absolute Gasteiger partial charge is 0.497 e. The van der Waals surface area contributed by atoms with Gasteiger partial charge in [-0.25, -0.2) is 9.59 Å². The van der Waals surface area contributed by atoms with Crippen LogP contribution >= 0.6 is 11.8 Å². The molecule has 2 N–H and O–H groups in total. The molecule has 4 rings (SSSR count). The number of ether oxygens (including phenoxy) is 2. The van der Waals surface area contributed by atoms with Crippen LogP contribution in [0.25, 0.3) is 0 Å². The van der Waals surface area contributed by atoms with Gasteiger partial charge in [-0.3, -0.25) is 19.9 Å². The van der Waals surface area contributed by atoms with Gasteiger partial charge >= 0.3 is 11.9 Å². The highest BCUT2D eigenvalue weighted by Crippen LogP contribution is 2.51. The predicted octanol–water partition coefficient (Wildman–Crippen LogP) is 1.62. The molecule has 3 aliphatic heterocycles. The Morgan fingerprint density at radius 3 is 2.56 bits per heavy atom. The van der Waals surface area contributed by atoms with Crippen LogP contribution in [0.15, 0.2) is 51.1 Å². The number of allylic oxidation sites excluding steroid dienone is 2. The molecule has 0 aromatic heterocycles. The monoisotopic (exact) mass is 485 g/mol. The van der Waals surface area contributed by atoms with E-state index in [-0.39, 0.29) is 41.4 Å². The standard InChI is InChI=1S/C23H23N3O7S/c1-4-33-23(31)15-10-14(24-25-15)17(11(2)27)18-20(28)26-19(22(29)30)16(34-21(18)26)9-12-5-7-13(32-3)8-6-12/h5-8,15,21,25H,4,9-10H2,1-3H3,(H,29,30)/b18-17+/t15?,21-/m1/s1. The molecule has 1 amide bonds. The molecule has 178 valence electrons. The van der Waals surface area contributed by atoms with Crippen molar-refractivity contribution in [1.29, 1.82) is 0 Å². The van der Waals surface area contributed by atoms with Crippen LogP contribution in [0.1, 0.15) is 25.8 Å². The van der Waals surface area contributed by atoms with Gasteiger partial charge in [0, 0.05) is 17.7 Å². The molecule has 3 aliphatic rings. The number of fused-ring (bicyclic) bond motifs is 1. The maximum atomic E-state index is 13.1. The number of hydrazone groups is 1. The van der Waals surface area contributed by atoms with E-state index in [1.165, 1.54) is 23.6 Å².